The van der Waals surface area contributed by atoms with Crippen molar-refractivity contribution in [2.24, 2.45) is 11.3 Å². The van der Waals surface area contributed by atoms with Gasteiger partial charge in [0, 0.05) is 16.9 Å². The predicted octanol–water partition coefficient (Wildman–Crippen LogP) is 4.00. The van der Waals surface area contributed by atoms with Crippen molar-refractivity contribution in [3.8, 4) is 0 Å². The molecule has 0 spiro atoms. The van der Waals surface area contributed by atoms with Gasteiger partial charge in [-0.1, -0.05) is 37.6 Å². The molecule has 3 unspecified atom stereocenters. The first-order chi connectivity index (χ1) is 9.62. The number of rotatable bonds is 2. The molecule has 1 aromatic carbocycles. The molecule has 0 amide bonds. The second kappa shape index (κ2) is 5.13. The minimum Gasteiger partial charge on any atom is -0.480 e. The number of carbonyl (C=O) groups is 2. The number of benzene rings is 1. The van der Waals surface area contributed by atoms with E-state index in [1.807, 2.05) is 39.0 Å². The van der Waals surface area contributed by atoms with Crippen LogP contribution in [0.1, 0.15) is 44.7 Å². The standard InChI is InChI=1S/C17H21ClO3/c1-10-7-14(19)17(4,15(20)21)16(3,9-10)12-6-5-11(2)13(18)8-12/h5-6,8,10H,7,9H2,1-4H3,(H,20,21). The van der Waals surface area contributed by atoms with Crippen molar-refractivity contribution in [3.05, 3.63) is 34.3 Å². The third-order valence-corrected chi connectivity index (χ3v) is 5.60. The van der Waals surface area contributed by atoms with Gasteiger partial charge in [-0.2, -0.15) is 0 Å². The second-order valence-electron chi connectivity index (χ2n) is 6.66. The lowest BCUT2D eigenvalue weighted by Crippen LogP contribution is -2.56. The molecule has 2 rings (SSSR count). The van der Waals surface area contributed by atoms with Gasteiger partial charge in [0.15, 0.2) is 5.78 Å². The Morgan fingerprint density at radius 1 is 1.38 bits per heavy atom. The van der Waals surface area contributed by atoms with Gasteiger partial charge in [0.05, 0.1) is 0 Å². The Kier molecular flexibility index (Phi) is 3.92. The maximum absolute atomic E-state index is 12.5. The zero-order valence-electron chi connectivity index (χ0n) is 12.9. The average Bonchev–Trinajstić information content (AvgIpc) is 2.38. The lowest BCUT2D eigenvalue weighted by atomic mass is 9.52. The molecular weight excluding hydrogens is 288 g/mol. The first-order valence-corrected chi connectivity index (χ1v) is 7.54. The minimum absolute atomic E-state index is 0.162. The van der Waals surface area contributed by atoms with Gasteiger partial charge in [0.25, 0.3) is 0 Å². The van der Waals surface area contributed by atoms with Crippen LogP contribution in [0.5, 0.6) is 0 Å². The fourth-order valence-corrected chi connectivity index (χ4v) is 3.68. The number of halogens is 1. The summed E-state index contributed by atoms with van der Waals surface area (Å²) in [5.41, 5.74) is -0.414. The Morgan fingerprint density at radius 2 is 2.00 bits per heavy atom. The van der Waals surface area contributed by atoms with Gasteiger partial charge in [0.1, 0.15) is 5.41 Å². The summed E-state index contributed by atoms with van der Waals surface area (Å²) in [6.07, 6.45) is 0.971. The molecule has 4 heteroatoms. The van der Waals surface area contributed by atoms with Crippen molar-refractivity contribution >= 4 is 23.4 Å². The smallest absolute Gasteiger partial charge is 0.317 e. The highest BCUT2D eigenvalue weighted by Gasteiger charge is 2.59. The first kappa shape index (κ1) is 16.0. The molecule has 21 heavy (non-hydrogen) atoms. The summed E-state index contributed by atoms with van der Waals surface area (Å²) in [7, 11) is 0. The lowest BCUT2D eigenvalue weighted by Gasteiger charge is -2.48. The van der Waals surface area contributed by atoms with Crippen LogP contribution >= 0.6 is 11.6 Å². The van der Waals surface area contributed by atoms with E-state index in [0.29, 0.717) is 17.9 Å². The Morgan fingerprint density at radius 3 is 2.52 bits per heavy atom. The fourth-order valence-electron chi connectivity index (χ4n) is 3.50. The van der Waals surface area contributed by atoms with Crippen molar-refractivity contribution in [3.63, 3.8) is 0 Å². The summed E-state index contributed by atoms with van der Waals surface area (Å²) < 4.78 is 0. The van der Waals surface area contributed by atoms with Gasteiger partial charge < -0.3 is 5.11 Å². The number of ketones is 1. The van der Waals surface area contributed by atoms with E-state index in [9.17, 15) is 14.7 Å². The van der Waals surface area contributed by atoms with Crippen molar-refractivity contribution in [2.75, 3.05) is 0 Å². The molecule has 1 fully saturated rings. The molecular formula is C17H21ClO3. The van der Waals surface area contributed by atoms with Crippen LogP contribution < -0.4 is 0 Å². The normalized spacial score (nSPS) is 33.0. The van der Waals surface area contributed by atoms with E-state index in [4.69, 9.17) is 11.6 Å². The van der Waals surface area contributed by atoms with Gasteiger partial charge in [-0.05, 0) is 43.4 Å². The van der Waals surface area contributed by atoms with Crippen LogP contribution in [0.25, 0.3) is 0 Å². The average molecular weight is 309 g/mol. The summed E-state index contributed by atoms with van der Waals surface area (Å²) in [6.45, 7) is 7.32. The molecule has 0 radical (unpaired) electrons. The summed E-state index contributed by atoms with van der Waals surface area (Å²) in [5.74, 6) is -1.10. The molecule has 1 aromatic rings. The molecule has 0 aliphatic heterocycles. The van der Waals surface area contributed by atoms with Gasteiger partial charge in [-0.3, -0.25) is 9.59 Å². The highest BCUT2D eigenvalue weighted by molar-refractivity contribution is 6.31. The summed E-state index contributed by atoms with van der Waals surface area (Å²) in [6, 6.07) is 5.59. The molecule has 3 atom stereocenters. The molecule has 0 bridgehead atoms. The molecule has 1 saturated carbocycles. The van der Waals surface area contributed by atoms with E-state index < -0.39 is 16.8 Å². The Balaban J connectivity index is 2.65. The third kappa shape index (κ3) is 2.28. The number of carboxylic acid groups (broad SMARTS) is 1. The highest BCUT2D eigenvalue weighted by atomic mass is 35.5. The van der Waals surface area contributed by atoms with Crippen LogP contribution in [0.2, 0.25) is 5.02 Å². The van der Waals surface area contributed by atoms with Crippen LogP contribution in [0.3, 0.4) is 0 Å². The number of carbonyl (C=O) groups excluding carboxylic acids is 1. The second-order valence-corrected chi connectivity index (χ2v) is 7.07. The Labute approximate surface area is 130 Å². The fraction of sp³-hybridized carbons (Fsp3) is 0.529. The molecule has 114 valence electrons. The lowest BCUT2D eigenvalue weighted by molar-refractivity contribution is -0.162. The number of carboxylic acids is 1. The van der Waals surface area contributed by atoms with Gasteiger partial charge in [0.2, 0.25) is 0 Å². The van der Waals surface area contributed by atoms with Crippen LogP contribution in [0, 0.1) is 18.3 Å². The van der Waals surface area contributed by atoms with Crippen LogP contribution in [0.15, 0.2) is 18.2 Å². The molecule has 0 saturated heterocycles. The van der Waals surface area contributed by atoms with Crippen molar-refractivity contribution in [2.45, 2.75) is 46.0 Å². The molecule has 1 aliphatic rings. The predicted molar refractivity (Wildman–Crippen MR) is 82.7 cm³/mol. The molecule has 3 nitrogen and oxygen atoms in total. The van der Waals surface area contributed by atoms with Gasteiger partial charge in [-0.25, -0.2) is 0 Å². The quantitative estimate of drug-likeness (QED) is 0.840. The van der Waals surface area contributed by atoms with E-state index in [-0.39, 0.29) is 11.7 Å². The zero-order chi connectivity index (χ0) is 16.0. The van der Waals surface area contributed by atoms with Gasteiger partial charge in [-0.15, -0.1) is 0 Å². The van der Waals surface area contributed by atoms with Crippen molar-refractivity contribution in [1.82, 2.24) is 0 Å². The van der Waals surface area contributed by atoms with E-state index in [1.165, 1.54) is 0 Å². The molecule has 0 aromatic heterocycles. The first-order valence-electron chi connectivity index (χ1n) is 7.16. The van der Waals surface area contributed by atoms with E-state index >= 15 is 0 Å². The monoisotopic (exact) mass is 308 g/mol. The summed E-state index contributed by atoms with van der Waals surface area (Å²) >= 11 is 6.21. The SMILES string of the molecule is Cc1ccc(C2(C)CC(C)CC(=O)C2(C)C(=O)O)cc1Cl. The van der Waals surface area contributed by atoms with Crippen LogP contribution in [-0.4, -0.2) is 16.9 Å². The Bertz CT molecular complexity index is 610. The third-order valence-electron chi connectivity index (χ3n) is 5.19. The number of hydrogen-bond acceptors (Lipinski definition) is 2. The summed E-state index contributed by atoms with van der Waals surface area (Å²) in [4.78, 5) is 24.4. The van der Waals surface area contributed by atoms with E-state index in [2.05, 4.69) is 0 Å². The maximum atomic E-state index is 12.5. The largest absolute Gasteiger partial charge is 0.480 e. The van der Waals surface area contributed by atoms with Crippen LogP contribution in [0.4, 0.5) is 0 Å². The van der Waals surface area contributed by atoms with Crippen LogP contribution in [-0.2, 0) is 15.0 Å². The zero-order valence-corrected chi connectivity index (χ0v) is 13.6. The minimum atomic E-state index is -1.42. The Hall–Kier alpha value is -1.35. The highest BCUT2D eigenvalue weighted by Crippen LogP contribution is 2.52. The van der Waals surface area contributed by atoms with E-state index in [0.717, 1.165) is 11.1 Å². The van der Waals surface area contributed by atoms with E-state index in [1.54, 1.807) is 6.92 Å². The molecule has 0 heterocycles. The van der Waals surface area contributed by atoms with Crippen molar-refractivity contribution < 1.29 is 14.7 Å². The molecule has 1 aliphatic carbocycles. The number of aryl methyl sites for hydroxylation is 1. The summed E-state index contributed by atoms with van der Waals surface area (Å²) in [5, 5.41) is 10.3. The number of Topliss-reactive ketones (excluding diaryl/α,β-unsaturated/α-hetero) is 1. The van der Waals surface area contributed by atoms with Gasteiger partial charge >= 0.3 is 5.97 Å². The topological polar surface area (TPSA) is 54.4 Å². The molecule has 1 N–H and O–H groups in total. The maximum Gasteiger partial charge on any atom is 0.317 e. The number of hydrogen-bond donors (Lipinski definition) is 1. The van der Waals surface area contributed by atoms with Crippen molar-refractivity contribution in [1.29, 1.82) is 0 Å². The number of aliphatic carboxylic acids is 1.